The van der Waals surface area contributed by atoms with Gasteiger partial charge in [0.2, 0.25) is 0 Å². The van der Waals surface area contributed by atoms with Crippen LogP contribution in [0.1, 0.15) is 45.2 Å². The minimum absolute atomic E-state index is 0.0323. The van der Waals surface area contributed by atoms with E-state index in [1.54, 1.807) is 0 Å². The van der Waals surface area contributed by atoms with E-state index < -0.39 is 0 Å². The van der Waals surface area contributed by atoms with Gasteiger partial charge in [-0.3, -0.25) is 0 Å². The van der Waals surface area contributed by atoms with Gasteiger partial charge in [0.15, 0.2) is 0 Å². The fraction of sp³-hybridized carbons (Fsp3) is 0.412. The van der Waals surface area contributed by atoms with Crippen molar-refractivity contribution in [2.45, 2.75) is 45.8 Å². The molecular formula is C17H23NO. The molecule has 0 spiro atoms. The van der Waals surface area contributed by atoms with Gasteiger partial charge in [0.25, 0.3) is 0 Å². The lowest BCUT2D eigenvalue weighted by atomic mass is 9.95. The first-order valence-electron chi connectivity index (χ1n) is 7.07. The third-order valence-corrected chi connectivity index (χ3v) is 3.26. The molecule has 0 aliphatic carbocycles. The second-order valence-electron chi connectivity index (χ2n) is 5.26. The van der Waals surface area contributed by atoms with Gasteiger partial charge >= 0.3 is 0 Å². The van der Waals surface area contributed by atoms with Crippen LogP contribution in [-0.2, 0) is 0 Å². The normalized spacial score (nSPS) is 12.9. The third kappa shape index (κ3) is 3.07. The largest absolute Gasteiger partial charge is 0.491 e. The van der Waals surface area contributed by atoms with Crippen LogP contribution >= 0.6 is 0 Å². The zero-order valence-corrected chi connectivity index (χ0v) is 12.0. The van der Waals surface area contributed by atoms with E-state index in [4.69, 9.17) is 10.5 Å². The molecule has 0 saturated carbocycles. The van der Waals surface area contributed by atoms with Gasteiger partial charge in [-0.05, 0) is 37.1 Å². The summed E-state index contributed by atoms with van der Waals surface area (Å²) in [7, 11) is 0. The van der Waals surface area contributed by atoms with Crippen molar-refractivity contribution in [2.75, 3.05) is 0 Å². The monoisotopic (exact) mass is 257 g/mol. The summed E-state index contributed by atoms with van der Waals surface area (Å²) < 4.78 is 5.94. The molecule has 0 aromatic heterocycles. The molecule has 1 atom stereocenters. The van der Waals surface area contributed by atoms with Crippen molar-refractivity contribution in [1.82, 2.24) is 0 Å². The first-order valence-corrected chi connectivity index (χ1v) is 7.07. The van der Waals surface area contributed by atoms with Crippen molar-refractivity contribution in [3.8, 4) is 5.75 Å². The van der Waals surface area contributed by atoms with Gasteiger partial charge in [-0.15, -0.1) is 0 Å². The Morgan fingerprint density at radius 2 is 1.84 bits per heavy atom. The number of hydrogen-bond donors (Lipinski definition) is 1. The van der Waals surface area contributed by atoms with Crippen molar-refractivity contribution in [3.05, 3.63) is 42.0 Å². The highest BCUT2D eigenvalue weighted by molar-refractivity contribution is 5.88. The summed E-state index contributed by atoms with van der Waals surface area (Å²) in [6, 6.07) is 12.6. The molecule has 0 aliphatic heterocycles. The molecule has 0 amide bonds. The first kappa shape index (κ1) is 13.9. The SMILES string of the molecule is CCCC(N)c1c(OC(C)C)ccc2ccccc12. The Balaban J connectivity index is 2.57. The van der Waals surface area contributed by atoms with Crippen molar-refractivity contribution >= 4 is 10.8 Å². The zero-order chi connectivity index (χ0) is 13.8. The molecule has 2 aromatic rings. The minimum Gasteiger partial charge on any atom is -0.491 e. The Hall–Kier alpha value is -1.54. The van der Waals surface area contributed by atoms with Gasteiger partial charge in [0.05, 0.1) is 6.10 Å². The highest BCUT2D eigenvalue weighted by Crippen LogP contribution is 2.34. The number of ether oxygens (including phenoxy) is 1. The summed E-state index contributed by atoms with van der Waals surface area (Å²) in [5.41, 5.74) is 7.52. The van der Waals surface area contributed by atoms with E-state index >= 15 is 0 Å². The van der Waals surface area contributed by atoms with Crippen LogP contribution in [0.4, 0.5) is 0 Å². The van der Waals surface area contributed by atoms with Gasteiger partial charge in [0, 0.05) is 11.6 Å². The van der Waals surface area contributed by atoms with E-state index in [0.717, 1.165) is 24.2 Å². The highest BCUT2D eigenvalue weighted by atomic mass is 16.5. The molecule has 19 heavy (non-hydrogen) atoms. The van der Waals surface area contributed by atoms with Gasteiger partial charge in [-0.2, -0.15) is 0 Å². The molecule has 2 nitrogen and oxygen atoms in total. The average molecular weight is 257 g/mol. The van der Waals surface area contributed by atoms with Crippen LogP contribution < -0.4 is 10.5 Å². The number of rotatable bonds is 5. The molecule has 2 aromatic carbocycles. The summed E-state index contributed by atoms with van der Waals surface area (Å²) in [6.07, 6.45) is 2.21. The van der Waals surface area contributed by atoms with Crippen molar-refractivity contribution < 1.29 is 4.74 Å². The van der Waals surface area contributed by atoms with E-state index in [-0.39, 0.29) is 12.1 Å². The van der Waals surface area contributed by atoms with Gasteiger partial charge in [-0.25, -0.2) is 0 Å². The van der Waals surface area contributed by atoms with Gasteiger partial charge in [0.1, 0.15) is 5.75 Å². The fourth-order valence-corrected chi connectivity index (χ4v) is 2.47. The number of hydrogen-bond acceptors (Lipinski definition) is 2. The summed E-state index contributed by atoms with van der Waals surface area (Å²) in [6.45, 7) is 6.25. The van der Waals surface area contributed by atoms with Crippen molar-refractivity contribution in [2.24, 2.45) is 5.73 Å². The summed E-state index contributed by atoms with van der Waals surface area (Å²) >= 11 is 0. The Kier molecular flexibility index (Phi) is 4.43. The maximum atomic E-state index is 6.37. The van der Waals surface area contributed by atoms with Crippen LogP contribution in [-0.4, -0.2) is 6.10 Å². The standard InChI is InChI=1S/C17H23NO/c1-4-7-15(18)17-14-9-6-5-8-13(14)10-11-16(17)19-12(2)3/h5-6,8-12,15H,4,7,18H2,1-3H3. The Morgan fingerprint density at radius 1 is 1.11 bits per heavy atom. The van der Waals surface area contributed by atoms with E-state index in [1.165, 1.54) is 10.8 Å². The third-order valence-electron chi connectivity index (χ3n) is 3.26. The van der Waals surface area contributed by atoms with Crippen LogP contribution in [0.15, 0.2) is 36.4 Å². The van der Waals surface area contributed by atoms with Crippen LogP contribution in [0.2, 0.25) is 0 Å². The molecule has 2 N–H and O–H groups in total. The zero-order valence-electron chi connectivity index (χ0n) is 12.0. The van der Waals surface area contributed by atoms with E-state index in [0.29, 0.717) is 0 Å². The van der Waals surface area contributed by atoms with Crippen LogP contribution in [0.25, 0.3) is 10.8 Å². The van der Waals surface area contributed by atoms with Crippen LogP contribution in [0, 0.1) is 0 Å². The predicted molar refractivity (Wildman–Crippen MR) is 81.5 cm³/mol. The summed E-state index contributed by atoms with van der Waals surface area (Å²) in [5, 5.41) is 2.43. The molecule has 0 bridgehead atoms. The summed E-state index contributed by atoms with van der Waals surface area (Å²) in [5.74, 6) is 0.926. The Bertz CT molecular complexity index is 548. The molecule has 1 unspecified atom stereocenters. The molecule has 0 heterocycles. The van der Waals surface area contributed by atoms with Crippen molar-refractivity contribution in [3.63, 3.8) is 0 Å². The van der Waals surface area contributed by atoms with Gasteiger partial charge < -0.3 is 10.5 Å². The molecule has 2 heteroatoms. The Labute approximate surface area is 115 Å². The minimum atomic E-state index is 0.0323. The smallest absolute Gasteiger partial charge is 0.125 e. The maximum absolute atomic E-state index is 6.37. The fourth-order valence-electron chi connectivity index (χ4n) is 2.47. The second-order valence-corrected chi connectivity index (χ2v) is 5.26. The lowest BCUT2D eigenvalue weighted by Gasteiger charge is -2.20. The quantitative estimate of drug-likeness (QED) is 0.860. The molecule has 102 valence electrons. The number of benzene rings is 2. The average Bonchev–Trinajstić information content (AvgIpc) is 2.38. The maximum Gasteiger partial charge on any atom is 0.125 e. The highest BCUT2D eigenvalue weighted by Gasteiger charge is 2.16. The Morgan fingerprint density at radius 3 is 2.53 bits per heavy atom. The summed E-state index contributed by atoms with van der Waals surface area (Å²) in [4.78, 5) is 0. The van der Waals surface area contributed by atoms with E-state index in [1.807, 2.05) is 19.9 Å². The topological polar surface area (TPSA) is 35.2 Å². The van der Waals surface area contributed by atoms with Crippen molar-refractivity contribution in [1.29, 1.82) is 0 Å². The molecule has 2 rings (SSSR count). The molecule has 0 saturated heterocycles. The molecule has 0 fully saturated rings. The lowest BCUT2D eigenvalue weighted by Crippen LogP contribution is -2.15. The molecular weight excluding hydrogens is 234 g/mol. The predicted octanol–water partition coefficient (Wildman–Crippen LogP) is 4.43. The lowest BCUT2D eigenvalue weighted by molar-refractivity contribution is 0.239. The van der Waals surface area contributed by atoms with E-state index in [2.05, 4.69) is 37.3 Å². The second kappa shape index (κ2) is 6.07. The van der Waals surface area contributed by atoms with E-state index in [9.17, 15) is 0 Å². The molecule has 0 radical (unpaired) electrons. The molecule has 0 aliphatic rings. The first-order chi connectivity index (χ1) is 9.13. The number of fused-ring (bicyclic) bond motifs is 1. The van der Waals surface area contributed by atoms with Gasteiger partial charge in [-0.1, -0.05) is 43.7 Å². The van der Waals surface area contributed by atoms with Crippen LogP contribution in [0.5, 0.6) is 5.75 Å². The number of nitrogens with two attached hydrogens (primary N) is 1. The van der Waals surface area contributed by atoms with Crippen LogP contribution in [0.3, 0.4) is 0 Å².